The first-order chi connectivity index (χ1) is 13.1. The maximum atomic E-state index is 12.2. The first-order valence-electron chi connectivity index (χ1n) is 9.55. The maximum Gasteiger partial charge on any atom is 0.338 e. The first-order valence-corrected chi connectivity index (χ1v) is 9.55. The molecule has 8 heteroatoms. The number of hydrogen-bond donors (Lipinski definition) is 1. The Hall–Kier alpha value is -2.64. The SMILES string of the molecule is CCOC(=O)c1ccc(NC2CCC(C(=O)OC(C)(C)C)CC2)c([N+](=O)[O-])c1. The fraction of sp³-hybridized carbons (Fsp3) is 0.600. The van der Waals surface area contributed by atoms with Crippen LogP contribution in [0.3, 0.4) is 0 Å². The molecule has 1 aromatic carbocycles. The van der Waals surface area contributed by atoms with Gasteiger partial charge in [-0.15, -0.1) is 0 Å². The molecule has 0 radical (unpaired) electrons. The minimum absolute atomic E-state index is 0.0193. The second-order valence-corrected chi connectivity index (χ2v) is 7.94. The Balaban J connectivity index is 2.01. The van der Waals surface area contributed by atoms with Gasteiger partial charge in [0.05, 0.1) is 23.0 Å². The van der Waals surface area contributed by atoms with Crippen molar-refractivity contribution >= 4 is 23.3 Å². The summed E-state index contributed by atoms with van der Waals surface area (Å²) in [6.45, 7) is 7.41. The van der Waals surface area contributed by atoms with Crippen molar-refractivity contribution in [3.8, 4) is 0 Å². The van der Waals surface area contributed by atoms with Crippen LogP contribution in [0.5, 0.6) is 0 Å². The van der Waals surface area contributed by atoms with E-state index in [2.05, 4.69) is 5.32 Å². The van der Waals surface area contributed by atoms with Crippen LogP contribution in [0, 0.1) is 16.0 Å². The van der Waals surface area contributed by atoms with E-state index in [1.165, 1.54) is 18.2 Å². The molecule has 28 heavy (non-hydrogen) atoms. The van der Waals surface area contributed by atoms with Crippen LogP contribution >= 0.6 is 0 Å². The summed E-state index contributed by atoms with van der Waals surface area (Å²) in [4.78, 5) is 34.9. The monoisotopic (exact) mass is 392 g/mol. The number of nitro groups is 1. The molecule has 0 unspecified atom stereocenters. The van der Waals surface area contributed by atoms with Gasteiger partial charge in [-0.1, -0.05) is 0 Å². The molecule has 1 N–H and O–H groups in total. The van der Waals surface area contributed by atoms with Gasteiger partial charge in [0, 0.05) is 12.1 Å². The fourth-order valence-electron chi connectivity index (χ4n) is 3.22. The molecule has 8 nitrogen and oxygen atoms in total. The summed E-state index contributed by atoms with van der Waals surface area (Å²) >= 11 is 0. The average molecular weight is 392 g/mol. The number of ether oxygens (including phenoxy) is 2. The Labute approximate surface area is 164 Å². The van der Waals surface area contributed by atoms with Gasteiger partial charge >= 0.3 is 11.9 Å². The molecule has 0 spiro atoms. The number of esters is 2. The van der Waals surface area contributed by atoms with E-state index in [9.17, 15) is 19.7 Å². The molecule has 154 valence electrons. The summed E-state index contributed by atoms with van der Waals surface area (Å²) in [7, 11) is 0. The number of carbonyl (C=O) groups excluding carboxylic acids is 2. The van der Waals surface area contributed by atoms with E-state index in [4.69, 9.17) is 9.47 Å². The highest BCUT2D eigenvalue weighted by Gasteiger charge is 2.30. The predicted octanol–water partition coefficient (Wildman–Crippen LogP) is 4.08. The third kappa shape index (κ3) is 5.94. The first kappa shape index (κ1) is 21.7. The molecule has 0 aromatic heterocycles. The number of carbonyl (C=O) groups is 2. The molecule has 0 aliphatic heterocycles. The standard InChI is InChI=1S/C20H28N2O6/c1-5-27-18(23)14-8-11-16(17(12-14)22(25)26)21-15-9-6-13(7-10-15)19(24)28-20(2,3)4/h8,11-13,15,21H,5-7,9-10H2,1-4H3. The van der Waals surface area contributed by atoms with Crippen molar-refractivity contribution in [2.45, 2.75) is 65.0 Å². The molecular weight excluding hydrogens is 364 g/mol. The summed E-state index contributed by atoms with van der Waals surface area (Å²) < 4.78 is 10.3. The maximum absolute atomic E-state index is 12.2. The molecule has 1 aromatic rings. The third-order valence-corrected chi connectivity index (χ3v) is 4.53. The van der Waals surface area contributed by atoms with Crippen LogP contribution in [0.25, 0.3) is 0 Å². The van der Waals surface area contributed by atoms with Gasteiger partial charge in [0.2, 0.25) is 0 Å². The minimum Gasteiger partial charge on any atom is -0.462 e. The predicted molar refractivity (Wildman–Crippen MR) is 104 cm³/mol. The van der Waals surface area contributed by atoms with Gasteiger partial charge in [0.1, 0.15) is 11.3 Å². The topological polar surface area (TPSA) is 108 Å². The highest BCUT2D eigenvalue weighted by molar-refractivity contribution is 5.91. The van der Waals surface area contributed by atoms with Crippen LogP contribution in [0.1, 0.15) is 63.7 Å². The van der Waals surface area contributed by atoms with Gasteiger partial charge in [-0.25, -0.2) is 4.79 Å². The molecule has 0 saturated heterocycles. The van der Waals surface area contributed by atoms with Crippen LogP contribution in [0.15, 0.2) is 18.2 Å². The number of hydrogen-bond acceptors (Lipinski definition) is 7. The fourth-order valence-corrected chi connectivity index (χ4v) is 3.22. The van der Waals surface area contributed by atoms with Crippen molar-refractivity contribution in [3.63, 3.8) is 0 Å². The molecule has 1 fully saturated rings. The molecule has 1 saturated carbocycles. The van der Waals surface area contributed by atoms with Gasteiger partial charge in [-0.05, 0) is 65.5 Å². The molecule has 2 rings (SSSR count). The van der Waals surface area contributed by atoms with Crippen LogP contribution in [-0.2, 0) is 14.3 Å². The highest BCUT2D eigenvalue weighted by atomic mass is 16.6. The molecule has 0 amide bonds. The molecule has 1 aliphatic rings. The lowest BCUT2D eigenvalue weighted by atomic mass is 9.86. The van der Waals surface area contributed by atoms with Crippen molar-refractivity contribution in [1.82, 2.24) is 0 Å². The van der Waals surface area contributed by atoms with Crippen LogP contribution in [-0.4, -0.2) is 35.1 Å². The zero-order valence-corrected chi connectivity index (χ0v) is 16.8. The van der Waals surface area contributed by atoms with Gasteiger partial charge in [-0.2, -0.15) is 0 Å². The van der Waals surface area contributed by atoms with E-state index >= 15 is 0 Å². The lowest BCUT2D eigenvalue weighted by Gasteiger charge is -2.30. The second-order valence-electron chi connectivity index (χ2n) is 7.94. The van der Waals surface area contributed by atoms with E-state index in [1.807, 2.05) is 20.8 Å². The Morgan fingerprint density at radius 2 is 1.86 bits per heavy atom. The van der Waals surface area contributed by atoms with Crippen LogP contribution < -0.4 is 5.32 Å². The van der Waals surface area contributed by atoms with Gasteiger partial charge < -0.3 is 14.8 Å². The zero-order chi connectivity index (χ0) is 20.9. The normalized spacial score (nSPS) is 19.6. The van der Waals surface area contributed by atoms with Gasteiger partial charge in [0.15, 0.2) is 0 Å². The molecule has 0 heterocycles. The number of benzene rings is 1. The van der Waals surface area contributed by atoms with Crippen molar-refractivity contribution in [2.75, 3.05) is 11.9 Å². The number of anilines is 1. The second kappa shape index (κ2) is 9.03. The van der Waals surface area contributed by atoms with E-state index in [0.29, 0.717) is 31.4 Å². The summed E-state index contributed by atoms with van der Waals surface area (Å²) in [6.07, 6.45) is 2.75. The summed E-state index contributed by atoms with van der Waals surface area (Å²) in [5.41, 5.74) is -0.167. The molecular formula is C20H28N2O6. The van der Waals surface area contributed by atoms with Crippen molar-refractivity contribution in [2.24, 2.45) is 5.92 Å². The van der Waals surface area contributed by atoms with Crippen molar-refractivity contribution < 1.29 is 24.0 Å². The minimum atomic E-state index is -0.588. The quantitative estimate of drug-likeness (QED) is 0.441. The lowest BCUT2D eigenvalue weighted by molar-refractivity contribution is -0.384. The summed E-state index contributed by atoms with van der Waals surface area (Å²) in [5, 5.41) is 14.6. The Morgan fingerprint density at radius 3 is 2.39 bits per heavy atom. The average Bonchev–Trinajstić information content (AvgIpc) is 2.61. The van der Waals surface area contributed by atoms with Gasteiger partial charge in [-0.3, -0.25) is 14.9 Å². The molecule has 0 bridgehead atoms. The van der Waals surface area contributed by atoms with E-state index < -0.39 is 16.5 Å². The van der Waals surface area contributed by atoms with Crippen molar-refractivity contribution in [3.05, 3.63) is 33.9 Å². The number of rotatable bonds is 6. The number of nitro benzene ring substituents is 1. The number of nitrogens with zero attached hydrogens (tertiary/aromatic N) is 1. The summed E-state index contributed by atoms with van der Waals surface area (Å²) in [5.74, 6) is -0.913. The Kier molecular flexibility index (Phi) is 6.99. The van der Waals surface area contributed by atoms with E-state index in [1.54, 1.807) is 6.92 Å². The Morgan fingerprint density at radius 1 is 1.21 bits per heavy atom. The molecule has 0 atom stereocenters. The molecule has 1 aliphatic carbocycles. The van der Waals surface area contributed by atoms with Gasteiger partial charge in [0.25, 0.3) is 5.69 Å². The van der Waals surface area contributed by atoms with Crippen molar-refractivity contribution in [1.29, 1.82) is 0 Å². The highest BCUT2D eigenvalue weighted by Crippen LogP contribution is 2.32. The number of nitrogens with one attached hydrogen (secondary N) is 1. The summed E-state index contributed by atoms with van der Waals surface area (Å²) in [6, 6.07) is 4.29. The van der Waals surface area contributed by atoms with E-state index in [0.717, 1.165) is 0 Å². The Bertz CT molecular complexity index is 733. The largest absolute Gasteiger partial charge is 0.462 e. The smallest absolute Gasteiger partial charge is 0.338 e. The van der Waals surface area contributed by atoms with Crippen LogP contribution in [0.4, 0.5) is 11.4 Å². The lowest BCUT2D eigenvalue weighted by Crippen LogP contribution is -2.34. The zero-order valence-electron chi connectivity index (χ0n) is 16.8. The van der Waals surface area contributed by atoms with E-state index in [-0.39, 0.29) is 35.8 Å². The third-order valence-electron chi connectivity index (χ3n) is 4.53. The van der Waals surface area contributed by atoms with Crippen LogP contribution in [0.2, 0.25) is 0 Å².